The summed E-state index contributed by atoms with van der Waals surface area (Å²) in [4.78, 5) is 30.0. The molecule has 1 N–H and O–H groups in total. The number of piperazine rings is 1. The van der Waals surface area contributed by atoms with E-state index in [2.05, 4.69) is 21.2 Å². The zero-order valence-electron chi connectivity index (χ0n) is 18.4. The number of amides is 1. The van der Waals surface area contributed by atoms with Gasteiger partial charge < -0.3 is 10.2 Å². The summed E-state index contributed by atoms with van der Waals surface area (Å²) in [5, 5.41) is 4.00. The summed E-state index contributed by atoms with van der Waals surface area (Å²) in [6, 6.07) is 29.0. The molecule has 33 heavy (non-hydrogen) atoms. The van der Waals surface area contributed by atoms with E-state index in [4.69, 9.17) is 0 Å². The summed E-state index contributed by atoms with van der Waals surface area (Å²) in [6.07, 6.45) is 0. The molecule has 1 saturated heterocycles. The fourth-order valence-electron chi connectivity index (χ4n) is 4.44. The maximum Gasteiger partial charge on any atom is 0.257 e. The number of hydrogen-bond donors (Lipinski definition) is 1. The predicted molar refractivity (Wildman–Crippen MR) is 133 cm³/mol. The molecule has 1 aliphatic heterocycles. The Kier molecular flexibility index (Phi) is 5.91. The molecule has 0 unspecified atom stereocenters. The molecule has 5 rings (SSSR count). The lowest BCUT2D eigenvalue weighted by Crippen LogP contribution is -2.49. The maximum atomic E-state index is 13.2. The zero-order chi connectivity index (χ0) is 22.6. The molecule has 0 aliphatic carbocycles. The molecular weight excluding hydrogens is 412 g/mol. The van der Waals surface area contributed by atoms with Gasteiger partial charge in [-0.15, -0.1) is 0 Å². The molecular formula is C27H26N4O2. The van der Waals surface area contributed by atoms with Crippen molar-refractivity contribution >= 4 is 28.2 Å². The normalized spacial score (nSPS) is 14.4. The van der Waals surface area contributed by atoms with Gasteiger partial charge in [-0.25, -0.2) is 0 Å². The Morgan fingerprint density at radius 3 is 2.15 bits per heavy atom. The van der Waals surface area contributed by atoms with Crippen molar-refractivity contribution in [2.75, 3.05) is 42.9 Å². The number of fused-ring (bicyclic) bond motifs is 1. The Bertz CT molecular complexity index is 1310. The van der Waals surface area contributed by atoms with Crippen LogP contribution >= 0.6 is 0 Å². The first-order chi connectivity index (χ1) is 16.2. The molecule has 1 aromatic heterocycles. The van der Waals surface area contributed by atoms with Crippen LogP contribution in [0.1, 0.15) is 0 Å². The Labute approximate surface area is 192 Å². The van der Waals surface area contributed by atoms with Crippen LogP contribution in [0.25, 0.3) is 16.6 Å². The topological polar surface area (TPSA) is 57.6 Å². The van der Waals surface area contributed by atoms with Crippen molar-refractivity contribution in [3.05, 3.63) is 101 Å². The highest BCUT2D eigenvalue weighted by molar-refractivity contribution is 5.93. The van der Waals surface area contributed by atoms with Gasteiger partial charge in [0.25, 0.3) is 5.56 Å². The SMILES string of the molecule is O=C(CN1CCN(c2cc(=O)n(-c3ccccc3)c3ccccc23)CC1)Nc1ccccc1. The lowest BCUT2D eigenvalue weighted by molar-refractivity contribution is -0.117. The van der Waals surface area contributed by atoms with Gasteiger partial charge in [0.05, 0.1) is 17.7 Å². The molecule has 0 atom stereocenters. The summed E-state index contributed by atoms with van der Waals surface area (Å²) >= 11 is 0. The summed E-state index contributed by atoms with van der Waals surface area (Å²) in [7, 11) is 0. The molecule has 3 aromatic carbocycles. The second kappa shape index (κ2) is 9.30. The van der Waals surface area contributed by atoms with Gasteiger partial charge in [0.2, 0.25) is 5.91 Å². The number of para-hydroxylation sites is 3. The van der Waals surface area contributed by atoms with Crippen molar-refractivity contribution in [2.24, 2.45) is 0 Å². The third-order valence-electron chi connectivity index (χ3n) is 6.05. The van der Waals surface area contributed by atoms with Crippen molar-refractivity contribution in [3.8, 4) is 5.69 Å². The molecule has 0 spiro atoms. The van der Waals surface area contributed by atoms with Crippen LogP contribution in [0.3, 0.4) is 0 Å². The molecule has 1 fully saturated rings. The number of nitrogens with zero attached hydrogens (tertiary/aromatic N) is 3. The number of hydrogen-bond acceptors (Lipinski definition) is 4. The molecule has 2 heterocycles. The van der Waals surface area contributed by atoms with E-state index in [9.17, 15) is 9.59 Å². The minimum atomic E-state index is -0.0421. The lowest BCUT2D eigenvalue weighted by Gasteiger charge is -2.36. The number of benzene rings is 3. The average molecular weight is 439 g/mol. The summed E-state index contributed by atoms with van der Waals surface area (Å²) < 4.78 is 1.77. The van der Waals surface area contributed by atoms with Gasteiger partial charge in [-0.05, 0) is 30.3 Å². The van der Waals surface area contributed by atoms with Crippen molar-refractivity contribution in [1.29, 1.82) is 0 Å². The highest BCUT2D eigenvalue weighted by Crippen LogP contribution is 2.27. The van der Waals surface area contributed by atoms with E-state index in [1.54, 1.807) is 10.6 Å². The average Bonchev–Trinajstić information content (AvgIpc) is 2.85. The lowest BCUT2D eigenvalue weighted by atomic mass is 10.1. The van der Waals surface area contributed by atoms with Gasteiger partial charge >= 0.3 is 0 Å². The van der Waals surface area contributed by atoms with Gasteiger partial charge in [-0.1, -0.05) is 54.6 Å². The first-order valence-corrected chi connectivity index (χ1v) is 11.2. The smallest absolute Gasteiger partial charge is 0.257 e. The zero-order valence-corrected chi connectivity index (χ0v) is 18.4. The summed E-state index contributed by atoms with van der Waals surface area (Å²) in [5.41, 5.74) is 3.48. The molecule has 0 radical (unpaired) electrons. The van der Waals surface area contributed by atoms with E-state index >= 15 is 0 Å². The van der Waals surface area contributed by atoms with Crippen LogP contribution in [0, 0.1) is 0 Å². The Morgan fingerprint density at radius 1 is 0.788 bits per heavy atom. The molecule has 6 nitrogen and oxygen atoms in total. The predicted octanol–water partition coefficient (Wildman–Crippen LogP) is 3.75. The summed E-state index contributed by atoms with van der Waals surface area (Å²) in [5.74, 6) is -0.00874. The van der Waals surface area contributed by atoms with Crippen LogP contribution < -0.4 is 15.8 Å². The largest absolute Gasteiger partial charge is 0.368 e. The van der Waals surface area contributed by atoms with Gasteiger partial charge in [-0.2, -0.15) is 0 Å². The number of anilines is 2. The number of carbonyl (C=O) groups excluding carboxylic acids is 1. The minimum absolute atomic E-state index is 0.00874. The highest BCUT2D eigenvalue weighted by atomic mass is 16.2. The Hall–Kier alpha value is -3.90. The van der Waals surface area contributed by atoms with Gasteiger partial charge in [0.1, 0.15) is 0 Å². The molecule has 1 aliphatic rings. The molecule has 166 valence electrons. The van der Waals surface area contributed by atoms with Gasteiger partial charge in [0, 0.05) is 49.0 Å². The first-order valence-electron chi connectivity index (χ1n) is 11.2. The third-order valence-corrected chi connectivity index (χ3v) is 6.05. The standard InChI is InChI=1S/C27H26N4O2/c32-26(28-21-9-3-1-4-10-21)20-29-15-17-30(18-16-29)25-19-27(33)31(22-11-5-2-6-12-22)24-14-8-7-13-23(24)25/h1-14,19H,15-18,20H2,(H,28,32). The van der Waals surface area contributed by atoms with E-state index in [0.29, 0.717) is 6.54 Å². The third kappa shape index (κ3) is 4.52. The fraction of sp³-hybridized carbons (Fsp3) is 0.185. The van der Waals surface area contributed by atoms with Crippen LogP contribution in [-0.4, -0.2) is 48.1 Å². The monoisotopic (exact) mass is 438 g/mol. The van der Waals surface area contributed by atoms with Crippen LogP contribution in [0.5, 0.6) is 0 Å². The van der Waals surface area contributed by atoms with E-state index < -0.39 is 0 Å². The van der Waals surface area contributed by atoms with Crippen LogP contribution in [-0.2, 0) is 4.79 Å². The van der Waals surface area contributed by atoms with Crippen molar-refractivity contribution in [1.82, 2.24) is 9.47 Å². The van der Waals surface area contributed by atoms with Crippen molar-refractivity contribution in [2.45, 2.75) is 0 Å². The molecule has 0 bridgehead atoms. The quantitative estimate of drug-likeness (QED) is 0.516. The molecule has 0 saturated carbocycles. The van der Waals surface area contributed by atoms with Gasteiger partial charge in [0.15, 0.2) is 0 Å². The van der Waals surface area contributed by atoms with Crippen molar-refractivity contribution < 1.29 is 4.79 Å². The van der Waals surface area contributed by atoms with E-state index in [1.807, 2.05) is 78.9 Å². The van der Waals surface area contributed by atoms with Crippen molar-refractivity contribution in [3.63, 3.8) is 0 Å². The Balaban J connectivity index is 1.33. The van der Waals surface area contributed by atoms with E-state index in [-0.39, 0.29) is 11.5 Å². The first kappa shape index (κ1) is 21.0. The van der Waals surface area contributed by atoms with E-state index in [0.717, 1.165) is 54.1 Å². The number of nitrogens with one attached hydrogen (secondary N) is 1. The maximum absolute atomic E-state index is 13.2. The van der Waals surface area contributed by atoms with Crippen LogP contribution in [0.4, 0.5) is 11.4 Å². The highest BCUT2D eigenvalue weighted by Gasteiger charge is 2.22. The second-order valence-corrected chi connectivity index (χ2v) is 8.23. The number of carbonyl (C=O) groups is 1. The summed E-state index contributed by atoms with van der Waals surface area (Å²) in [6.45, 7) is 3.41. The minimum Gasteiger partial charge on any atom is -0.368 e. The molecule has 1 amide bonds. The number of aromatic nitrogens is 1. The van der Waals surface area contributed by atoms with Crippen LogP contribution in [0.2, 0.25) is 0 Å². The van der Waals surface area contributed by atoms with Crippen LogP contribution in [0.15, 0.2) is 95.8 Å². The Morgan fingerprint density at radius 2 is 1.42 bits per heavy atom. The van der Waals surface area contributed by atoms with E-state index in [1.165, 1.54) is 0 Å². The van der Waals surface area contributed by atoms with Gasteiger partial charge in [-0.3, -0.25) is 19.1 Å². The second-order valence-electron chi connectivity index (χ2n) is 8.23. The fourth-order valence-corrected chi connectivity index (χ4v) is 4.44. The number of pyridine rings is 1. The number of rotatable bonds is 5. The molecule has 4 aromatic rings. The molecule has 6 heteroatoms.